The van der Waals surface area contributed by atoms with Crippen LogP contribution < -0.4 is 5.32 Å². The first kappa shape index (κ1) is 15.4. The van der Waals surface area contributed by atoms with Gasteiger partial charge in [0.15, 0.2) is 0 Å². The van der Waals surface area contributed by atoms with E-state index in [0.29, 0.717) is 11.4 Å². The standard InChI is InChI=1S/C14H19ClN2O2S/c1-16-12-4-3-10(15)11(17-12)8-20-9-14(5-6-14)7-13(18)19-2/h3-4H,5-9H2,1-2H3,(H,16,17). The lowest BCUT2D eigenvalue weighted by molar-refractivity contribution is -0.141. The first-order chi connectivity index (χ1) is 9.58. The SMILES string of the molecule is CNc1ccc(Cl)c(CSCC2(CC(=O)OC)CC2)n1. The van der Waals surface area contributed by atoms with Gasteiger partial charge in [0.05, 0.1) is 24.2 Å². The molecule has 0 radical (unpaired) electrons. The molecule has 1 heterocycles. The first-order valence-electron chi connectivity index (χ1n) is 6.56. The fourth-order valence-electron chi connectivity index (χ4n) is 2.02. The van der Waals surface area contributed by atoms with Gasteiger partial charge < -0.3 is 10.1 Å². The molecular weight excluding hydrogens is 296 g/mol. The average molecular weight is 315 g/mol. The van der Waals surface area contributed by atoms with Gasteiger partial charge in [0.25, 0.3) is 0 Å². The van der Waals surface area contributed by atoms with Gasteiger partial charge in [-0.25, -0.2) is 4.98 Å². The Bertz CT molecular complexity index is 492. The molecule has 4 nitrogen and oxygen atoms in total. The molecule has 6 heteroatoms. The van der Waals surface area contributed by atoms with Crippen LogP contribution in [0.25, 0.3) is 0 Å². The summed E-state index contributed by atoms with van der Waals surface area (Å²) in [5.74, 6) is 2.42. The highest BCUT2D eigenvalue weighted by atomic mass is 35.5. The Labute approximate surface area is 128 Å². The highest BCUT2D eigenvalue weighted by Gasteiger charge is 2.44. The van der Waals surface area contributed by atoms with E-state index in [1.165, 1.54) is 7.11 Å². The molecule has 0 saturated heterocycles. The summed E-state index contributed by atoms with van der Waals surface area (Å²) in [4.78, 5) is 15.8. The summed E-state index contributed by atoms with van der Waals surface area (Å²) in [5.41, 5.74) is 1.03. The minimum absolute atomic E-state index is 0.114. The molecule has 1 saturated carbocycles. The van der Waals surface area contributed by atoms with Crippen molar-refractivity contribution in [3.63, 3.8) is 0 Å². The van der Waals surface area contributed by atoms with Crippen LogP contribution >= 0.6 is 23.4 Å². The van der Waals surface area contributed by atoms with Crippen LogP contribution in [0.2, 0.25) is 5.02 Å². The summed E-state index contributed by atoms with van der Waals surface area (Å²) < 4.78 is 4.75. The molecule has 0 bridgehead atoms. The monoisotopic (exact) mass is 314 g/mol. The Hall–Kier alpha value is -0.940. The summed E-state index contributed by atoms with van der Waals surface area (Å²) in [7, 11) is 3.28. The normalized spacial score (nSPS) is 15.8. The van der Waals surface area contributed by atoms with Crippen molar-refractivity contribution in [3.05, 3.63) is 22.8 Å². The first-order valence-corrected chi connectivity index (χ1v) is 8.09. The molecule has 1 aromatic rings. The van der Waals surface area contributed by atoms with Gasteiger partial charge in [-0.2, -0.15) is 11.8 Å². The van der Waals surface area contributed by atoms with Crippen LogP contribution in [-0.4, -0.2) is 30.9 Å². The lowest BCUT2D eigenvalue weighted by Gasteiger charge is -2.13. The van der Waals surface area contributed by atoms with E-state index in [2.05, 4.69) is 10.3 Å². The number of hydrogen-bond donors (Lipinski definition) is 1. The summed E-state index contributed by atoms with van der Waals surface area (Å²) in [6, 6.07) is 3.72. The van der Waals surface area contributed by atoms with Crippen LogP contribution in [0.15, 0.2) is 12.1 Å². The molecule has 0 spiro atoms. The minimum Gasteiger partial charge on any atom is -0.469 e. The van der Waals surface area contributed by atoms with Crippen LogP contribution in [0.4, 0.5) is 5.82 Å². The van der Waals surface area contributed by atoms with Gasteiger partial charge >= 0.3 is 5.97 Å². The molecule has 20 heavy (non-hydrogen) atoms. The van der Waals surface area contributed by atoms with E-state index in [4.69, 9.17) is 16.3 Å². The summed E-state index contributed by atoms with van der Waals surface area (Å²) in [5, 5.41) is 3.70. The van der Waals surface area contributed by atoms with Crippen LogP contribution in [0.5, 0.6) is 0 Å². The number of methoxy groups -OCH3 is 1. The molecule has 1 fully saturated rings. The second-order valence-electron chi connectivity index (χ2n) is 5.12. The smallest absolute Gasteiger partial charge is 0.306 e. The number of esters is 1. The second-order valence-corrected chi connectivity index (χ2v) is 6.51. The number of carbonyl (C=O) groups excluding carboxylic acids is 1. The maximum absolute atomic E-state index is 11.4. The zero-order chi connectivity index (χ0) is 14.6. The molecule has 1 aromatic heterocycles. The average Bonchev–Trinajstić information content (AvgIpc) is 3.20. The maximum atomic E-state index is 11.4. The molecule has 1 aliphatic carbocycles. The van der Waals surface area contributed by atoms with Crippen LogP contribution in [0.3, 0.4) is 0 Å². The van der Waals surface area contributed by atoms with Crippen LogP contribution in [-0.2, 0) is 15.3 Å². The van der Waals surface area contributed by atoms with Gasteiger partial charge in [0.1, 0.15) is 5.82 Å². The number of rotatable bonds is 7. The van der Waals surface area contributed by atoms with E-state index in [-0.39, 0.29) is 11.4 Å². The molecule has 0 amide bonds. The quantitative estimate of drug-likeness (QED) is 0.782. The number of halogens is 1. The van der Waals surface area contributed by atoms with Crippen molar-refractivity contribution in [2.45, 2.75) is 25.0 Å². The molecule has 0 unspecified atom stereocenters. The minimum atomic E-state index is -0.114. The molecule has 110 valence electrons. The maximum Gasteiger partial charge on any atom is 0.306 e. The number of ether oxygens (including phenoxy) is 1. The number of nitrogens with zero attached hydrogens (tertiary/aromatic N) is 1. The number of thioether (sulfide) groups is 1. The zero-order valence-electron chi connectivity index (χ0n) is 11.7. The third kappa shape index (κ3) is 4.03. The van der Waals surface area contributed by atoms with Gasteiger partial charge in [-0.15, -0.1) is 0 Å². The zero-order valence-corrected chi connectivity index (χ0v) is 13.3. The van der Waals surface area contributed by atoms with Crippen molar-refractivity contribution in [3.8, 4) is 0 Å². The molecule has 1 N–H and O–H groups in total. The topological polar surface area (TPSA) is 51.2 Å². The Morgan fingerprint density at radius 3 is 2.90 bits per heavy atom. The Kier molecular flexibility index (Phi) is 5.16. The van der Waals surface area contributed by atoms with E-state index in [1.54, 1.807) is 11.8 Å². The Balaban J connectivity index is 1.85. The van der Waals surface area contributed by atoms with E-state index >= 15 is 0 Å². The van der Waals surface area contributed by atoms with E-state index < -0.39 is 0 Å². The fourth-order valence-corrected chi connectivity index (χ4v) is 3.61. The molecule has 0 aliphatic heterocycles. The van der Waals surface area contributed by atoms with Crippen molar-refractivity contribution in [2.24, 2.45) is 5.41 Å². The highest BCUT2D eigenvalue weighted by Crippen LogP contribution is 2.51. The second kappa shape index (κ2) is 6.68. The molecular formula is C14H19ClN2O2S. The van der Waals surface area contributed by atoms with Crippen LogP contribution in [0.1, 0.15) is 25.0 Å². The third-order valence-electron chi connectivity index (χ3n) is 3.53. The highest BCUT2D eigenvalue weighted by molar-refractivity contribution is 7.98. The molecule has 2 rings (SSSR count). The predicted molar refractivity (Wildman–Crippen MR) is 83.3 cm³/mol. The Morgan fingerprint density at radius 1 is 1.55 bits per heavy atom. The van der Waals surface area contributed by atoms with Gasteiger partial charge in [0, 0.05) is 12.8 Å². The lowest BCUT2D eigenvalue weighted by atomic mass is 10.1. The van der Waals surface area contributed by atoms with Crippen molar-refractivity contribution in [1.82, 2.24) is 4.98 Å². The number of anilines is 1. The van der Waals surface area contributed by atoms with Crippen molar-refractivity contribution < 1.29 is 9.53 Å². The predicted octanol–water partition coefficient (Wildman–Crippen LogP) is 3.35. The van der Waals surface area contributed by atoms with E-state index in [1.807, 2.05) is 19.2 Å². The van der Waals surface area contributed by atoms with Gasteiger partial charge in [0.2, 0.25) is 0 Å². The number of hydrogen-bond acceptors (Lipinski definition) is 5. The third-order valence-corrected chi connectivity index (χ3v) is 5.16. The molecule has 0 atom stereocenters. The summed E-state index contributed by atoms with van der Waals surface area (Å²) >= 11 is 7.93. The summed E-state index contributed by atoms with van der Waals surface area (Å²) in [6.45, 7) is 0. The molecule has 0 aromatic carbocycles. The largest absolute Gasteiger partial charge is 0.469 e. The number of nitrogens with one attached hydrogen (secondary N) is 1. The van der Waals surface area contributed by atoms with E-state index in [9.17, 15) is 4.79 Å². The van der Waals surface area contributed by atoms with E-state index in [0.717, 1.165) is 35.9 Å². The van der Waals surface area contributed by atoms with Crippen molar-refractivity contribution in [2.75, 3.05) is 25.2 Å². The van der Waals surface area contributed by atoms with Gasteiger partial charge in [-0.3, -0.25) is 4.79 Å². The summed E-state index contributed by atoms with van der Waals surface area (Å²) in [6.07, 6.45) is 2.73. The number of carbonyl (C=O) groups is 1. The van der Waals surface area contributed by atoms with Crippen molar-refractivity contribution in [1.29, 1.82) is 0 Å². The molecule has 1 aliphatic rings. The van der Waals surface area contributed by atoms with Crippen molar-refractivity contribution >= 4 is 35.1 Å². The lowest BCUT2D eigenvalue weighted by Crippen LogP contribution is -2.13. The van der Waals surface area contributed by atoms with Crippen LogP contribution in [0, 0.1) is 5.41 Å². The van der Waals surface area contributed by atoms with Gasteiger partial charge in [-0.05, 0) is 36.1 Å². The number of aromatic nitrogens is 1. The Morgan fingerprint density at radius 2 is 2.30 bits per heavy atom. The fraction of sp³-hybridized carbons (Fsp3) is 0.571. The van der Waals surface area contributed by atoms with Gasteiger partial charge in [-0.1, -0.05) is 11.6 Å². The number of pyridine rings is 1.